The summed E-state index contributed by atoms with van der Waals surface area (Å²) in [5.41, 5.74) is -0.716. The molecule has 2 heteroatoms. The molecular weight excluding hydrogens is 352 g/mol. The van der Waals surface area contributed by atoms with Gasteiger partial charge in [0.1, 0.15) is 5.41 Å². The molecular formula is C27H48N2. The summed E-state index contributed by atoms with van der Waals surface area (Å²) in [4.78, 5) is 0. The summed E-state index contributed by atoms with van der Waals surface area (Å²) < 4.78 is 0. The summed E-state index contributed by atoms with van der Waals surface area (Å²) in [6.07, 6.45) is 31.0. The van der Waals surface area contributed by atoms with E-state index in [0.717, 1.165) is 25.7 Å². The number of nitriles is 2. The Hall–Kier alpha value is -1.02. The lowest BCUT2D eigenvalue weighted by Gasteiger charge is -2.18. The van der Waals surface area contributed by atoms with Gasteiger partial charge in [0, 0.05) is 0 Å². The standard InChI is InChI=1S/C27H48N2/c28-25-27(26-29)23-21-19-17-15-13-11-9-7-5-3-1-2-4-6-8-10-12-14-16-18-20-22-24-27/h1-24H2. The van der Waals surface area contributed by atoms with Gasteiger partial charge in [-0.1, -0.05) is 141 Å². The second-order valence-electron chi connectivity index (χ2n) is 9.58. The first-order chi connectivity index (χ1) is 14.3. The Bertz CT molecular complexity index is 400. The lowest BCUT2D eigenvalue weighted by molar-refractivity contribution is 0.390. The first-order valence-electron chi connectivity index (χ1n) is 13.2. The molecule has 0 aromatic heterocycles. The fraction of sp³-hybridized carbons (Fsp3) is 0.926. The zero-order valence-corrected chi connectivity index (χ0v) is 19.4. The number of hydrogen-bond acceptors (Lipinski definition) is 2. The molecule has 0 atom stereocenters. The first kappa shape index (κ1) is 26.0. The molecule has 0 radical (unpaired) electrons. The van der Waals surface area contributed by atoms with Crippen LogP contribution in [0.1, 0.15) is 154 Å². The molecule has 0 heterocycles. The van der Waals surface area contributed by atoms with E-state index in [1.165, 1.54) is 128 Å². The van der Waals surface area contributed by atoms with Crippen molar-refractivity contribution < 1.29 is 0 Å². The van der Waals surface area contributed by atoms with Crippen molar-refractivity contribution in [1.29, 1.82) is 10.5 Å². The van der Waals surface area contributed by atoms with Crippen molar-refractivity contribution >= 4 is 0 Å². The van der Waals surface area contributed by atoms with Gasteiger partial charge < -0.3 is 0 Å². The summed E-state index contributed by atoms with van der Waals surface area (Å²) >= 11 is 0. The zero-order valence-electron chi connectivity index (χ0n) is 19.4. The van der Waals surface area contributed by atoms with Crippen LogP contribution in [0.2, 0.25) is 0 Å². The van der Waals surface area contributed by atoms with Gasteiger partial charge in [0.05, 0.1) is 12.1 Å². The van der Waals surface area contributed by atoms with E-state index in [1.54, 1.807) is 0 Å². The van der Waals surface area contributed by atoms with E-state index in [9.17, 15) is 10.5 Å². The van der Waals surface area contributed by atoms with Crippen LogP contribution in [0.3, 0.4) is 0 Å². The third-order valence-electron chi connectivity index (χ3n) is 6.89. The van der Waals surface area contributed by atoms with E-state index in [2.05, 4.69) is 12.1 Å². The maximum Gasteiger partial charge on any atom is 0.143 e. The lowest BCUT2D eigenvalue weighted by atomic mass is 9.80. The number of nitrogens with zero attached hydrogens (tertiary/aromatic N) is 2. The fourth-order valence-electron chi connectivity index (χ4n) is 4.76. The Morgan fingerprint density at radius 1 is 0.310 bits per heavy atom. The third-order valence-corrected chi connectivity index (χ3v) is 6.89. The van der Waals surface area contributed by atoms with Crippen LogP contribution < -0.4 is 0 Å². The van der Waals surface area contributed by atoms with Crippen LogP contribution in [-0.4, -0.2) is 0 Å². The molecule has 0 unspecified atom stereocenters. The molecule has 1 aliphatic rings. The van der Waals surface area contributed by atoms with E-state index in [1.807, 2.05) is 0 Å². The predicted octanol–water partition coefficient (Wildman–Crippen LogP) is 9.40. The number of rotatable bonds is 0. The van der Waals surface area contributed by atoms with Gasteiger partial charge in [-0.3, -0.25) is 0 Å². The average molecular weight is 401 g/mol. The summed E-state index contributed by atoms with van der Waals surface area (Å²) in [6.45, 7) is 0. The maximum atomic E-state index is 9.60. The fourth-order valence-corrected chi connectivity index (χ4v) is 4.76. The van der Waals surface area contributed by atoms with Crippen molar-refractivity contribution in [2.75, 3.05) is 0 Å². The maximum absolute atomic E-state index is 9.60. The molecule has 166 valence electrons. The largest absolute Gasteiger partial charge is 0.197 e. The molecule has 0 aliphatic heterocycles. The Morgan fingerprint density at radius 3 is 0.655 bits per heavy atom. The molecule has 1 aliphatic carbocycles. The van der Waals surface area contributed by atoms with Crippen LogP contribution in [0, 0.1) is 28.1 Å². The quantitative estimate of drug-likeness (QED) is 0.406. The highest BCUT2D eigenvalue weighted by Crippen LogP contribution is 2.30. The van der Waals surface area contributed by atoms with Gasteiger partial charge in [-0.25, -0.2) is 0 Å². The van der Waals surface area contributed by atoms with Crippen molar-refractivity contribution in [3.05, 3.63) is 0 Å². The van der Waals surface area contributed by atoms with Crippen LogP contribution in [-0.2, 0) is 0 Å². The molecule has 0 spiro atoms. The molecule has 0 aromatic rings. The molecule has 0 N–H and O–H groups in total. The van der Waals surface area contributed by atoms with Gasteiger partial charge in [0.2, 0.25) is 0 Å². The van der Waals surface area contributed by atoms with Gasteiger partial charge >= 0.3 is 0 Å². The van der Waals surface area contributed by atoms with Crippen LogP contribution >= 0.6 is 0 Å². The van der Waals surface area contributed by atoms with Crippen molar-refractivity contribution in [2.45, 2.75) is 154 Å². The van der Waals surface area contributed by atoms with Crippen molar-refractivity contribution in [3.63, 3.8) is 0 Å². The minimum atomic E-state index is -0.716. The Morgan fingerprint density at radius 2 is 0.483 bits per heavy atom. The molecule has 1 rings (SSSR count). The topological polar surface area (TPSA) is 47.6 Å². The molecule has 1 fully saturated rings. The molecule has 1 saturated carbocycles. The predicted molar refractivity (Wildman–Crippen MR) is 124 cm³/mol. The molecule has 0 aromatic carbocycles. The molecule has 2 nitrogen and oxygen atoms in total. The number of hydrogen-bond donors (Lipinski definition) is 0. The van der Waals surface area contributed by atoms with Gasteiger partial charge in [0.15, 0.2) is 0 Å². The van der Waals surface area contributed by atoms with Crippen LogP contribution in [0.15, 0.2) is 0 Å². The minimum Gasteiger partial charge on any atom is -0.197 e. The van der Waals surface area contributed by atoms with E-state index in [0.29, 0.717) is 0 Å². The SMILES string of the molecule is N#CC1(C#N)CCCCCCCCCCCCCCCCCCCCCCCC1. The third kappa shape index (κ3) is 14.6. The summed E-state index contributed by atoms with van der Waals surface area (Å²) in [7, 11) is 0. The highest BCUT2D eigenvalue weighted by molar-refractivity contribution is 5.13. The molecule has 0 bridgehead atoms. The monoisotopic (exact) mass is 400 g/mol. The van der Waals surface area contributed by atoms with E-state index >= 15 is 0 Å². The van der Waals surface area contributed by atoms with Gasteiger partial charge in [-0.05, 0) is 12.8 Å². The summed E-state index contributed by atoms with van der Waals surface area (Å²) in [5, 5.41) is 19.2. The second-order valence-corrected chi connectivity index (χ2v) is 9.58. The van der Waals surface area contributed by atoms with E-state index in [-0.39, 0.29) is 0 Å². The molecule has 29 heavy (non-hydrogen) atoms. The summed E-state index contributed by atoms with van der Waals surface area (Å²) in [6, 6.07) is 4.74. The normalized spacial score (nSPS) is 23.5. The molecule has 0 amide bonds. The molecule has 0 saturated heterocycles. The van der Waals surface area contributed by atoms with Crippen LogP contribution in [0.25, 0.3) is 0 Å². The Kier molecular flexibility index (Phi) is 17.0. The summed E-state index contributed by atoms with van der Waals surface area (Å²) in [5.74, 6) is 0. The highest BCUT2D eigenvalue weighted by atomic mass is 14.4. The van der Waals surface area contributed by atoms with Gasteiger partial charge in [0.25, 0.3) is 0 Å². The zero-order chi connectivity index (χ0) is 20.9. The van der Waals surface area contributed by atoms with E-state index < -0.39 is 5.41 Å². The second kappa shape index (κ2) is 19.0. The van der Waals surface area contributed by atoms with Gasteiger partial charge in [-0.15, -0.1) is 0 Å². The van der Waals surface area contributed by atoms with E-state index in [4.69, 9.17) is 0 Å². The van der Waals surface area contributed by atoms with Gasteiger partial charge in [-0.2, -0.15) is 10.5 Å². The first-order valence-corrected chi connectivity index (χ1v) is 13.2. The average Bonchev–Trinajstić information content (AvgIpc) is 2.74. The van der Waals surface area contributed by atoms with Crippen LogP contribution in [0.4, 0.5) is 0 Å². The van der Waals surface area contributed by atoms with Crippen molar-refractivity contribution in [2.24, 2.45) is 5.41 Å². The Balaban J connectivity index is 2.29. The highest BCUT2D eigenvalue weighted by Gasteiger charge is 2.28. The Labute approximate surface area is 182 Å². The smallest absolute Gasteiger partial charge is 0.143 e. The minimum absolute atomic E-state index is 0.716. The van der Waals surface area contributed by atoms with Crippen molar-refractivity contribution in [1.82, 2.24) is 0 Å². The lowest BCUT2D eigenvalue weighted by Crippen LogP contribution is -2.16. The van der Waals surface area contributed by atoms with Crippen LogP contribution in [0.5, 0.6) is 0 Å². The van der Waals surface area contributed by atoms with Crippen molar-refractivity contribution in [3.8, 4) is 12.1 Å².